The van der Waals surface area contributed by atoms with Gasteiger partial charge in [-0.05, 0) is 12.1 Å². The van der Waals surface area contributed by atoms with Crippen LogP contribution in [0.5, 0.6) is 0 Å². The zero-order valence-electron chi connectivity index (χ0n) is 5.82. The Bertz CT molecular complexity index is 392. The van der Waals surface area contributed by atoms with E-state index in [1.165, 1.54) is 4.68 Å². The Morgan fingerprint density at radius 1 is 1.36 bits per heavy atom. The number of hydrogen-bond donors (Lipinski definition) is 0. The van der Waals surface area contributed by atoms with Crippen molar-refractivity contribution in [2.45, 2.75) is 0 Å². The minimum atomic E-state index is 0.752. The maximum atomic E-state index is 10.4. The van der Waals surface area contributed by atoms with Gasteiger partial charge in [0.15, 0.2) is 0 Å². The number of rotatable bonds is 1. The van der Waals surface area contributed by atoms with Gasteiger partial charge in [0.05, 0.1) is 5.39 Å². The van der Waals surface area contributed by atoms with E-state index < -0.39 is 0 Å². The second-order valence-corrected chi connectivity index (χ2v) is 2.31. The summed E-state index contributed by atoms with van der Waals surface area (Å²) in [6, 6.07) is 7.67. The summed E-state index contributed by atoms with van der Waals surface area (Å²) < 4.78 is 1.44. The maximum absolute atomic E-state index is 10.4. The molecule has 0 saturated carbocycles. The van der Waals surface area contributed by atoms with Crippen molar-refractivity contribution in [2.75, 3.05) is 0 Å². The van der Waals surface area contributed by atoms with Crippen LogP contribution in [0, 0.1) is 0 Å². The predicted molar refractivity (Wildman–Crippen MR) is 40.6 cm³/mol. The second-order valence-electron chi connectivity index (χ2n) is 2.31. The molecule has 2 aromatic rings. The van der Waals surface area contributed by atoms with Crippen molar-refractivity contribution in [1.82, 2.24) is 4.68 Å². The highest BCUT2D eigenvalue weighted by Gasteiger charge is 2.03. The van der Waals surface area contributed by atoms with Crippen molar-refractivity contribution in [3.8, 4) is 0 Å². The number of benzene rings is 1. The molecule has 1 aromatic heterocycles. The molecule has 11 heavy (non-hydrogen) atoms. The Morgan fingerprint density at radius 2 is 2.18 bits per heavy atom. The van der Waals surface area contributed by atoms with E-state index in [1.54, 1.807) is 6.20 Å². The number of aromatic nitrogens is 2. The lowest BCUT2D eigenvalue weighted by Crippen LogP contribution is -2.15. The van der Waals surface area contributed by atoms with Gasteiger partial charge >= 0.3 is 0 Å². The van der Waals surface area contributed by atoms with Crippen LogP contribution in [0.4, 0.5) is 0 Å². The molecule has 1 N–H and O–H groups in total. The second kappa shape index (κ2) is 2.20. The van der Waals surface area contributed by atoms with Crippen molar-refractivity contribution in [3.05, 3.63) is 30.5 Å². The third-order valence-electron chi connectivity index (χ3n) is 1.66. The zero-order valence-corrected chi connectivity index (χ0v) is 5.82. The monoisotopic (exact) mass is 147 g/mol. The maximum Gasteiger partial charge on any atom is 0.271 e. The Morgan fingerprint density at radius 3 is 3.00 bits per heavy atom. The summed E-state index contributed by atoms with van der Waals surface area (Å²) in [6.45, 7) is 0. The van der Waals surface area contributed by atoms with Gasteiger partial charge in [0, 0.05) is 0 Å². The van der Waals surface area contributed by atoms with E-state index in [9.17, 15) is 4.79 Å². The Kier molecular flexibility index (Phi) is 1.22. The predicted octanol–water partition coefficient (Wildman–Crippen LogP) is 0.494. The van der Waals surface area contributed by atoms with E-state index in [0.29, 0.717) is 0 Å². The van der Waals surface area contributed by atoms with Gasteiger partial charge in [-0.1, -0.05) is 16.8 Å². The van der Waals surface area contributed by atoms with Crippen LogP contribution < -0.4 is 5.10 Å². The average molecular weight is 147 g/mol. The van der Waals surface area contributed by atoms with Crippen LogP contribution in [-0.2, 0) is 4.79 Å². The van der Waals surface area contributed by atoms with Crippen molar-refractivity contribution < 1.29 is 9.89 Å². The van der Waals surface area contributed by atoms with Crippen LogP contribution in [0.2, 0.25) is 0 Å². The third kappa shape index (κ3) is 0.816. The highest BCUT2D eigenvalue weighted by molar-refractivity contribution is 5.81. The van der Waals surface area contributed by atoms with E-state index in [0.717, 1.165) is 17.3 Å². The van der Waals surface area contributed by atoms with E-state index in [-0.39, 0.29) is 0 Å². The fourth-order valence-electron chi connectivity index (χ4n) is 1.12. The lowest BCUT2D eigenvalue weighted by molar-refractivity contribution is -0.465. The number of nitrogens with zero attached hydrogens (tertiary/aromatic N) is 1. The summed E-state index contributed by atoms with van der Waals surface area (Å²) >= 11 is 0. The molecule has 2 rings (SSSR count). The van der Waals surface area contributed by atoms with Gasteiger partial charge in [0.25, 0.3) is 6.41 Å². The lowest BCUT2D eigenvalue weighted by atomic mass is 10.3. The molecule has 0 aliphatic heterocycles. The van der Waals surface area contributed by atoms with Crippen LogP contribution in [0.25, 0.3) is 10.9 Å². The molecular weight excluding hydrogens is 140 g/mol. The average Bonchev–Trinajstić information content (AvgIpc) is 2.47. The molecule has 1 heterocycles. The largest absolute Gasteiger partial charge is 0.272 e. The summed E-state index contributed by atoms with van der Waals surface area (Å²) in [5, 5.41) is 3.85. The van der Waals surface area contributed by atoms with Gasteiger partial charge in [-0.15, -0.1) is 5.10 Å². The van der Waals surface area contributed by atoms with Crippen LogP contribution in [0.15, 0.2) is 30.5 Å². The minimum absolute atomic E-state index is 0.752. The standard InChI is InChI=1S/C8H6N2O/c11-6-10-8-4-2-1-3-7(8)5-9-10/h1-6H/p+1. The third-order valence-corrected chi connectivity index (χ3v) is 1.66. The molecule has 1 aromatic carbocycles. The van der Waals surface area contributed by atoms with Gasteiger partial charge < -0.3 is 0 Å². The van der Waals surface area contributed by atoms with Crippen molar-refractivity contribution >= 4 is 17.3 Å². The number of fused-ring (bicyclic) bond motifs is 1. The fourth-order valence-corrected chi connectivity index (χ4v) is 1.12. The summed E-state index contributed by atoms with van der Waals surface area (Å²) in [5.41, 5.74) is 0.905. The van der Waals surface area contributed by atoms with E-state index >= 15 is 0 Å². The zero-order chi connectivity index (χ0) is 7.68. The number of aromatic amines is 1. The molecule has 0 aliphatic rings. The number of H-pyrrole nitrogens is 1. The molecule has 3 heteroatoms. The van der Waals surface area contributed by atoms with Crippen molar-refractivity contribution in [1.29, 1.82) is 0 Å². The number of carbonyl (C=O) groups is 1. The quantitative estimate of drug-likeness (QED) is 0.541. The molecule has 0 aliphatic carbocycles. The molecular formula is C8H7N2O+. The van der Waals surface area contributed by atoms with Crippen LogP contribution in [0.1, 0.15) is 0 Å². The first-order valence-electron chi connectivity index (χ1n) is 3.35. The first-order valence-corrected chi connectivity index (χ1v) is 3.35. The Hall–Kier alpha value is -1.64. The SMILES string of the molecule is O=Cn1[nH+]cc2ccccc21. The van der Waals surface area contributed by atoms with E-state index in [2.05, 4.69) is 5.10 Å². The molecule has 0 saturated heterocycles. The molecule has 3 nitrogen and oxygen atoms in total. The molecule has 54 valence electrons. The first-order chi connectivity index (χ1) is 5.42. The van der Waals surface area contributed by atoms with Crippen LogP contribution >= 0.6 is 0 Å². The number of nitrogens with one attached hydrogen (secondary N) is 1. The first kappa shape index (κ1) is 6.09. The molecule has 0 amide bonds. The molecule has 0 bridgehead atoms. The molecule has 0 spiro atoms. The Labute approximate surface area is 63.2 Å². The fraction of sp³-hybridized carbons (Fsp3) is 0. The number of carbonyl (C=O) groups excluding carboxylic acids is 1. The Balaban J connectivity index is 2.86. The lowest BCUT2D eigenvalue weighted by Gasteiger charge is -1.84. The molecule has 0 fully saturated rings. The van der Waals surface area contributed by atoms with E-state index in [4.69, 9.17) is 0 Å². The van der Waals surface area contributed by atoms with Gasteiger partial charge in [-0.25, -0.2) is 0 Å². The summed E-state index contributed by atoms with van der Waals surface area (Å²) in [5.74, 6) is 0. The summed E-state index contributed by atoms with van der Waals surface area (Å²) in [4.78, 5) is 10.4. The van der Waals surface area contributed by atoms with Gasteiger partial charge in [-0.3, -0.25) is 4.79 Å². The van der Waals surface area contributed by atoms with Gasteiger partial charge in [-0.2, -0.15) is 0 Å². The minimum Gasteiger partial charge on any atom is -0.272 e. The van der Waals surface area contributed by atoms with Crippen LogP contribution in [0.3, 0.4) is 0 Å². The van der Waals surface area contributed by atoms with E-state index in [1.807, 2.05) is 24.3 Å². The smallest absolute Gasteiger partial charge is 0.271 e. The molecule has 0 atom stereocenters. The summed E-state index contributed by atoms with van der Waals surface area (Å²) in [7, 11) is 0. The normalized spacial score (nSPS) is 10.2. The summed E-state index contributed by atoms with van der Waals surface area (Å²) in [6.07, 6.45) is 2.55. The van der Waals surface area contributed by atoms with Crippen molar-refractivity contribution in [2.24, 2.45) is 0 Å². The van der Waals surface area contributed by atoms with Crippen LogP contribution in [-0.4, -0.2) is 11.1 Å². The molecule has 0 radical (unpaired) electrons. The topological polar surface area (TPSA) is 36.1 Å². The number of para-hydroxylation sites is 1. The highest BCUT2D eigenvalue weighted by Crippen LogP contribution is 2.07. The van der Waals surface area contributed by atoms with Gasteiger partial charge in [0.1, 0.15) is 5.52 Å². The van der Waals surface area contributed by atoms with Gasteiger partial charge in [0.2, 0.25) is 6.20 Å². The highest BCUT2D eigenvalue weighted by atomic mass is 16.1. The molecule has 0 unspecified atom stereocenters. The number of hydrogen-bond acceptors (Lipinski definition) is 1. The van der Waals surface area contributed by atoms with Crippen molar-refractivity contribution in [3.63, 3.8) is 0 Å².